The van der Waals surface area contributed by atoms with Gasteiger partial charge in [-0.05, 0) is 25.0 Å². The highest BCUT2D eigenvalue weighted by molar-refractivity contribution is 9.08. The number of hydrogen-bond acceptors (Lipinski definition) is 2. The van der Waals surface area contributed by atoms with Crippen LogP contribution in [0.1, 0.15) is 22.3 Å². The number of methoxy groups -OCH3 is 2. The van der Waals surface area contributed by atoms with Crippen molar-refractivity contribution in [3.8, 4) is 11.5 Å². The summed E-state index contributed by atoms with van der Waals surface area (Å²) in [6.07, 6.45) is 0. The molecule has 0 aliphatic carbocycles. The Morgan fingerprint density at radius 3 is 1.31 bits per heavy atom. The Hall–Kier alpha value is -0.220. The van der Waals surface area contributed by atoms with E-state index in [1.807, 2.05) is 0 Å². The second kappa shape index (κ2) is 5.92. The zero-order valence-electron chi connectivity index (χ0n) is 9.99. The second-order valence-electron chi connectivity index (χ2n) is 3.54. The van der Waals surface area contributed by atoms with Gasteiger partial charge < -0.3 is 9.47 Å². The Labute approximate surface area is 114 Å². The summed E-state index contributed by atoms with van der Waals surface area (Å²) in [6.45, 7) is 4.12. The molecule has 0 spiro atoms. The highest BCUT2D eigenvalue weighted by Gasteiger charge is 2.19. The van der Waals surface area contributed by atoms with E-state index in [2.05, 4.69) is 45.7 Å². The molecule has 16 heavy (non-hydrogen) atoms. The summed E-state index contributed by atoms with van der Waals surface area (Å²) in [6, 6.07) is 0. The molecule has 1 aromatic rings. The van der Waals surface area contributed by atoms with Crippen molar-refractivity contribution >= 4 is 31.9 Å². The van der Waals surface area contributed by atoms with Crippen LogP contribution in [-0.4, -0.2) is 14.2 Å². The van der Waals surface area contributed by atoms with Crippen molar-refractivity contribution in [3.05, 3.63) is 22.3 Å². The first-order valence-electron chi connectivity index (χ1n) is 4.97. The molecule has 0 amide bonds. The molecule has 0 heterocycles. The fourth-order valence-electron chi connectivity index (χ4n) is 1.94. The number of benzene rings is 1. The van der Waals surface area contributed by atoms with Crippen LogP contribution < -0.4 is 9.47 Å². The predicted molar refractivity (Wildman–Crippen MR) is 74.3 cm³/mol. The standard InChI is InChI=1S/C12H16Br2O2/c1-7-9(5-13)12(16-4)8(2)10(6-14)11(7)15-3/h5-6H2,1-4H3. The highest BCUT2D eigenvalue weighted by atomic mass is 79.9. The molecule has 0 fully saturated rings. The molecule has 0 aliphatic heterocycles. The Bertz CT molecular complexity index is 319. The monoisotopic (exact) mass is 350 g/mol. The van der Waals surface area contributed by atoms with E-state index >= 15 is 0 Å². The quantitative estimate of drug-likeness (QED) is 0.760. The molecule has 0 unspecified atom stereocenters. The van der Waals surface area contributed by atoms with Gasteiger partial charge in [-0.1, -0.05) is 31.9 Å². The summed E-state index contributed by atoms with van der Waals surface area (Å²) in [5.41, 5.74) is 4.58. The molecule has 0 N–H and O–H groups in total. The zero-order valence-corrected chi connectivity index (χ0v) is 13.2. The number of ether oxygens (including phenoxy) is 2. The van der Waals surface area contributed by atoms with E-state index in [1.165, 1.54) is 0 Å². The van der Waals surface area contributed by atoms with Gasteiger partial charge in [0.1, 0.15) is 11.5 Å². The van der Waals surface area contributed by atoms with Crippen LogP contribution in [0.5, 0.6) is 11.5 Å². The zero-order chi connectivity index (χ0) is 12.3. The normalized spacial score (nSPS) is 10.4. The number of alkyl halides is 2. The lowest BCUT2D eigenvalue weighted by Gasteiger charge is -2.20. The van der Waals surface area contributed by atoms with Gasteiger partial charge in [-0.2, -0.15) is 0 Å². The first-order chi connectivity index (χ1) is 7.62. The summed E-state index contributed by atoms with van der Waals surface area (Å²) in [4.78, 5) is 0. The molecule has 0 radical (unpaired) electrons. The van der Waals surface area contributed by atoms with Gasteiger partial charge in [0.2, 0.25) is 0 Å². The van der Waals surface area contributed by atoms with Crippen molar-refractivity contribution in [1.82, 2.24) is 0 Å². The van der Waals surface area contributed by atoms with Crippen molar-refractivity contribution < 1.29 is 9.47 Å². The van der Waals surface area contributed by atoms with E-state index in [0.717, 1.165) is 44.4 Å². The first-order valence-corrected chi connectivity index (χ1v) is 7.21. The van der Waals surface area contributed by atoms with Crippen molar-refractivity contribution in [2.45, 2.75) is 24.5 Å². The lowest BCUT2D eigenvalue weighted by molar-refractivity contribution is 0.392. The van der Waals surface area contributed by atoms with E-state index < -0.39 is 0 Å². The minimum atomic E-state index is 0.766. The van der Waals surface area contributed by atoms with Gasteiger partial charge in [0.15, 0.2) is 0 Å². The van der Waals surface area contributed by atoms with Gasteiger partial charge in [0.05, 0.1) is 14.2 Å². The van der Waals surface area contributed by atoms with Gasteiger partial charge in [-0.25, -0.2) is 0 Å². The third kappa shape index (κ3) is 2.23. The van der Waals surface area contributed by atoms with Crippen LogP contribution in [0.15, 0.2) is 0 Å². The lowest BCUT2D eigenvalue weighted by Crippen LogP contribution is -2.03. The van der Waals surface area contributed by atoms with Crippen molar-refractivity contribution in [3.63, 3.8) is 0 Å². The molecule has 0 saturated carbocycles. The molecule has 0 atom stereocenters. The van der Waals surface area contributed by atoms with Crippen molar-refractivity contribution in [2.75, 3.05) is 14.2 Å². The molecular formula is C12H16Br2O2. The van der Waals surface area contributed by atoms with E-state index in [4.69, 9.17) is 9.47 Å². The second-order valence-corrected chi connectivity index (χ2v) is 4.66. The molecule has 0 aliphatic rings. The largest absolute Gasteiger partial charge is 0.496 e. The van der Waals surface area contributed by atoms with Crippen LogP contribution in [-0.2, 0) is 10.7 Å². The maximum atomic E-state index is 5.48. The summed E-state index contributed by atoms with van der Waals surface area (Å²) >= 11 is 6.99. The van der Waals surface area contributed by atoms with Crippen molar-refractivity contribution in [1.29, 1.82) is 0 Å². The van der Waals surface area contributed by atoms with Crippen LogP contribution in [0, 0.1) is 13.8 Å². The van der Waals surface area contributed by atoms with Crippen molar-refractivity contribution in [2.24, 2.45) is 0 Å². The molecule has 2 nitrogen and oxygen atoms in total. The molecule has 1 rings (SSSR count). The number of halogens is 2. The van der Waals surface area contributed by atoms with E-state index in [-0.39, 0.29) is 0 Å². The summed E-state index contributed by atoms with van der Waals surface area (Å²) in [5.74, 6) is 1.90. The van der Waals surface area contributed by atoms with E-state index in [1.54, 1.807) is 14.2 Å². The van der Waals surface area contributed by atoms with Gasteiger partial charge in [-0.15, -0.1) is 0 Å². The Morgan fingerprint density at radius 1 is 0.812 bits per heavy atom. The number of hydrogen-bond donors (Lipinski definition) is 0. The third-order valence-corrected chi connectivity index (χ3v) is 3.93. The Balaban J connectivity index is 3.60. The molecule has 0 bridgehead atoms. The van der Waals surface area contributed by atoms with E-state index in [0.29, 0.717) is 0 Å². The minimum Gasteiger partial charge on any atom is -0.496 e. The molecule has 90 valence electrons. The van der Waals surface area contributed by atoms with Crippen LogP contribution >= 0.6 is 31.9 Å². The minimum absolute atomic E-state index is 0.766. The topological polar surface area (TPSA) is 18.5 Å². The lowest BCUT2D eigenvalue weighted by atomic mass is 9.98. The van der Waals surface area contributed by atoms with Crippen LogP contribution in [0.4, 0.5) is 0 Å². The predicted octanol–water partition coefficient (Wildman–Crippen LogP) is 4.11. The summed E-state index contributed by atoms with van der Waals surface area (Å²) in [5, 5.41) is 1.53. The van der Waals surface area contributed by atoms with Crippen LogP contribution in [0.3, 0.4) is 0 Å². The fraction of sp³-hybridized carbons (Fsp3) is 0.500. The average Bonchev–Trinajstić information content (AvgIpc) is 2.30. The smallest absolute Gasteiger partial charge is 0.126 e. The van der Waals surface area contributed by atoms with Gasteiger partial charge in [0, 0.05) is 21.8 Å². The van der Waals surface area contributed by atoms with Crippen LogP contribution in [0.25, 0.3) is 0 Å². The number of rotatable bonds is 4. The summed E-state index contributed by atoms with van der Waals surface area (Å²) in [7, 11) is 3.41. The Kier molecular flexibility index (Phi) is 5.12. The average molecular weight is 352 g/mol. The molecule has 0 aromatic heterocycles. The highest BCUT2D eigenvalue weighted by Crippen LogP contribution is 2.39. The van der Waals surface area contributed by atoms with E-state index in [9.17, 15) is 0 Å². The SMILES string of the molecule is COc1c(C)c(CBr)c(OC)c(C)c1CBr. The van der Waals surface area contributed by atoms with Gasteiger partial charge in [0.25, 0.3) is 0 Å². The van der Waals surface area contributed by atoms with Gasteiger partial charge in [-0.3, -0.25) is 0 Å². The summed E-state index contributed by atoms with van der Waals surface area (Å²) < 4.78 is 11.0. The maximum absolute atomic E-state index is 5.48. The molecule has 1 aromatic carbocycles. The van der Waals surface area contributed by atoms with Gasteiger partial charge >= 0.3 is 0 Å². The fourth-order valence-corrected chi connectivity index (χ4v) is 3.29. The molecule has 0 saturated heterocycles. The Morgan fingerprint density at radius 2 is 1.12 bits per heavy atom. The molecular weight excluding hydrogens is 336 g/mol. The third-order valence-electron chi connectivity index (χ3n) is 2.81. The van der Waals surface area contributed by atoms with Crippen LogP contribution in [0.2, 0.25) is 0 Å². The first kappa shape index (κ1) is 13.8. The molecule has 4 heteroatoms. The maximum Gasteiger partial charge on any atom is 0.126 e.